The van der Waals surface area contributed by atoms with Crippen LogP contribution >= 0.6 is 0 Å². The number of imidazole rings is 1. The Morgan fingerprint density at radius 1 is 1.41 bits per heavy atom. The number of ether oxygens (including phenoxy) is 1. The molecule has 0 radical (unpaired) electrons. The van der Waals surface area contributed by atoms with E-state index >= 15 is 0 Å². The van der Waals surface area contributed by atoms with Crippen molar-refractivity contribution < 1.29 is 23.8 Å². The maximum Gasteiger partial charge on any atom is 0.341 e. The third-order valence-corrected chi connectivity index (χ3v) is 2.97. The molecule has 0 aliphatic carbocycles. The molecule has 22 heavy (non-hydrogen) atoms. The lowest BCUT2D eigenvalue weighted by molar-refractivity contribution is 0.0597. The summed E-state index contributed by atoms with van der Waals surface area (Å²) in [6, 6.07) is 4.11. The van der Waals surface area contributed by atoms with Gasteiger partial charge < -0.3 is 14.4 Å². The maximum atomic E-state index is 12.5. The maximum absolute atomic E-state index is 12.5. The minimum atomic E-state index is -0.760. The second-order valence-corrected chi connectivity index (χ2v) is 4.45. The zero-order valence-electron chi connectivity index (χ0n) is 12.0. The fraction of sp³-hybridized carbons (Fsp3) is 0.214. The van der Waals surface area contributed by atoms with E-state index < -0.39 is 24.3 Å². The summed E-state index contributed by atoms with van der Waals surface area (Å²) in [5.41, 5.74) is -0.0718. The molecule has 1 amide bonds. The lowest BCUT2D eigenvalue weighted by Crippen LogP contribution is -2.16. The molecule has 0 bridgehead atoms. The lowest BCUT2D eigenvalue weighted by Gasteiger charge is -2.09. The average molecular weight is 307 g/mol. The molecule has 116 valence electrons. The first-order valence-electron chi connectivity index (χ1n) is 6.27. The van der Waals surface area contributed by atoms with Crippen molar-refractivity contribution in [1.82, 2.24) is 9.55 Å². The van der Waals surface area contributed by atoms with E-state index in [2.05, 4.69) is 15.0 Å². The van der Waals surface area contributed by atoms with Crippen molar-refractivity contribution in [2.45, 2.75) is 6.67 Å². The molecule has 0 aliphatic heterocycles. The molecule has 1 aromatic heterocycles. The van der Waals surface area contributed by atoms with Crippen LogP contribution in [0.4, 0.5) is 10.3 Å². The zero-order valence-corrected chi connectivity index (χ0v) is 12.0. The summed E-state index contributed by atoms with van der Waals surface area (Å²) >= 11 is 0. The molecule has 2 rings (SSSR count). The molecule has 1 heterocycles. The summed E-state index contributed by atoms with van der Waals surface area (Å²) < 4.78 is 18.5. The van der Waals surface area contributed by atoms with E-state index in [1.807, 2.05) is 0 Å². The number of benzene rings is 1. The van der Waals surface area contributed by atoms with Gasteiger partial charge in [-0.05, 0) is 12.1 Å². The predicted octanol–water partition coefficient (Wildman–Crippen LogP) is 1.63. The number of amides is 1. The highest BCUT2D eigenvalue weighted by Gasteiger charge is 2.20. The topological polar surface area (TPSA) is 93.5 Å². The van der Waals surface area contributed by atoms with Gasteiger partial charge in [-0.1, -0.05) is 6.07 Å². The van der Waals surface area contributed by atoms with Crippen LogP contribution in [0.3, 0.4) is 0 Å². The number of carbonyl (C=O) groups is 2. The number of anilines is 1. The van der Waals surface area contributed by atoms with Crippen molar-refractivity contribution >= 4 is 17.8 Å². The Labute approximate surface area is 125 Å². The number of phenolic OH excluding ortho intramolecular Hbond substituents is 1. The number of nitrogens with zero attached hydrogens (tertiary/aromatic N) is 2. The molecule has 0 fully saturated rings. The van der Waals surface area contributed by atoms with Gasteiger partial charge in [0.05, 0.1) is 18.4 Å². The van der Waals surface area contributed by atoms with Gasteiger partial charge in [-0.3, -0.25) is 10.1 Å². The van der Waals surface area contributed by atoms with Gasteiger partial charge in [0, 0.05) is 13.2 Å². The van der Waals surface area contributed by atoms with Crippen molar-refractivity contribution in [2.75, 3.05) is 12.4 Å². The minimum absolute atomic E-state index is 0.118. The molecule has 2 aromatic rings. The van der Waals surface area contributed by atoms with Gasteiger partial charge in [0.2, 0.25) is 5.95 Å². The van der Waals surface area contributed by atoms with Crippen molar-refractivity contribution in [3.63, 3.8) is 0 Å². The second kappa shape index (κ2) is 6.25. The smallest absolute Gasteiger partial charge is 0.341 e. The number of aryl methyl sites for hydroxylation is 1. The van der Waals surface area contributed by atoms with E-state index in [0.29, 0.717) is 0 Å². The van der Waals surface area contributed by atoms with Gasteiger partial charge in [-0.2, -0.15) is 0 Å². The number of nitrogens with one attached hydrogen (secondary N) is 1. The van der Waals surface area contributed by atoms with Gasteiger partial charge in [0.25, 0.3) is 5.91 Å². The molecule has 0 saturated carbocycles. The van der Waals surface area contributed by atoms with Crippen LogP contribution in [0, 0.1) is 0 Å². The average Bonchev–Trinajstić information content (AvgIpc) is 2.86. The zero-order chi connectivity index (χ0) is 16.3. The highest BCUT2D eigenvalue weighted by Crippen LogP contribution is 2.24. The van der Waals surface area contributed by atoms with E-state index in [1.54, 1.807) is 7.05 Å². The Hall–Kier alpha value is -2.90. The number of alkyl halides is 1. The number of carbonyl (C=O) groups excluding carboxylic acids is 2. The van der Waals surface area contributed by atoms with E-state index in [4.69, 9.17) is 0 Å². The molecule has 0 aliphatic rings. The molecule has 7 nitrogen and oxygen atoms in total. The minimum Gasteiger partial charge on any atom is -0.506 e. The lowest BCUT2D eigenvalue weighted by atomic mass is 10.1. The second-order valence-electron chi connectivity index (χ2n) is 4.45. The number of aromatic hydroxyl groups is 1. The van der Waals surface area contributed by atoms with Gasteiger partial charge in [0.15, 0.2) is 0 Å². The van der Waals surface area contributed by atoms with Crippen LogP contribution < -0.4 is 5.32 Å². The van der Waals surface area contributed by atoms with E-state index in [0.717, 1.165) is 0 Å². The third kappa shape index (κ3) is 2.90. The summed E-state index contributed by atoms with van der Waals surface area (Å²) in [7, 11) is 2.76. The molecule has 1 aromatic carbocycles. The van der Waals surface area contributed by atoms with Crippen LogP contribution in [0.1, 0.15) is 26.4 Å². The van der Waals surface area contributed by atoms with Crippen LogP contribution in [0.25, 0.3) is 0 Å². The molecule has 2 N–H and O–H groups in total. The first-order chi connectivity index (χ1) is 10.5. The fourth-order valence-corrected chi connectivity index (χ4v) is 1.88. The Balaban J connectivity index is 2.30. The number of methoxy groups -OCH3 is 1. The summed E-state index contributed by atoms with van der Waals surface area (Å²) in [6.45, 7) is -0.757. The summed E-state index contributed by atoms with van der Waals surface area (Å²) in [5, 5.41) is 12.5. The molecule has 8 heteroatoms. The molecule has 0 spiro atoms. The number of aromatic nitrogens is 2. The van der Waals surface area contributed by atoms with Crippen LogP contribution in [0.2, 0.25) is 0 Å². The van der Waals surface area contributed by atoms with Gasteiger partial charge in [0.1, 0.15) is 18.0 Å². The van der Waals surface area contributed by atoms with Crippen molar-refractivity contribution in [2.24, 2.45) is 7.05 Å². The van der Waals surface area contributed by atoms with Gasteiger partial charge in [-0.15, -0.1) is 0 Å². The van der Waals surface area contributed by atoms with Gasteiger partial charge in [-0.25, -0.2) is 14.2 Å². The summed E-state index contributed by atoms with van der Waals surface area (Å²) in [6.07, 6.45) is 1.43. The normalized spacial score (nSPS) is 10.3. The molecule has 0 atom stereocenters. The highest BCUT2D eigenvalue weighted by atomic mass is 19.1. The third-order valence-electron chi connectivity index (χ3n) is 2.97. The molecular weight excluding hydrogens is 293 g/mol. The van der Waals surface area contributed by atoms with E-state index in [9.17, 15) is 19.1 Å². The van der Waals surface area contributed by atoms with Gasteiger partial charge >= 0.3 is 5.97 Å². The molecule has 0 unspecified atom stereocenters. The van der Waals surface area contributed by atoms with Crippen LogP contribution in [-0.2, 0) is 18.5 Å². The predicted molar refractivity (Wildman–Crippen MR) is 75.4 cm³/mol. The van der Waals surface area contributed by atoms with Crippen molar-refractivity contribution in [3.05, 3.63) is 41.2 Å². The largest absolute Gasteiger partial charge is 0.506 e. The fourth-order valence-electron chi connectivity index (χ4n) is 1.88. The quantitative estimate of drug-likeness (QED) is 0.837. The van der Waals surface area contributed by atoms with E-state index in [-0.39, 0.29) is 22.8 Å². The van der Waals surface area contributed by atoms with Crippen molar-refractivity contribution in [3.8, 4) is 5.75 Å². The highest BCUT2D eigenvalue weighted by molar-refractivity contribution is 6.08. The summed E-state index contributed by atoms with van der Waals surface area (Å²) in [4.78, 5) is 27.5. The Morgan fingerprint density at radius 3 is 2.68 bits per heavy atom. The SMILES string of the molecule is COC(=O)c1cccc(C(=O)Nc2nc(CF)cn2C)c1O. The molecule has 0 saturated heterocycles. The number of rotatable bonds is 4. The Bertz CT molecular complexity index is 727. The number of hydrogen-bond donors (Lipinski definition) is 2. The number of esters is 1. The Kier molecular flexibility index (Phi) is 4.40. The number of halogens is 1. The first-order valence-corrected chi connectivity index (χ1v) is 6.27. The number of para-hydroxylation sites is 1. The van der Waals surface area contributed by atoms with Crippen molar-refractivity contribution in [1.29, 1.82) is 0 Å². The van der Waals surface area contributed by atoms with Crippen LogP contribution in [0.5, 0.6) is 5.75 Å². The standard InChI is InChI=1S/C14H14FN3O4/c1-18-7-8(6-15)16-14(18)17-12(20)9-4-3-5-10(11(9)19)13(21)22-2/h3-5,7,19H,6H2,1-2H3,(H,16,17,20). The number of phenols is 1. The summed E-state index contributed by atoms with van der Waals surface area (Å²) in [5.74, 6) is -1.81. The molecular formula is C14H14FN3O4. The first kappa shape index (κ1) is 15.5. The van der Waals surface area contributed by atoms with E-state index in [1.165, 1.54) is 36.1 Å². The van der Waals surface area contributed by atoms with Crippen LogP contribution in [0.15, 0.2) is 24.4 Å². The van der Waals surface area contributed by atoms with Crippen LogP contribution in [-0.4, -0.2) is 33.6 Å². The monoisotopic (exact) mass is 307 g/mol. The number of hydrogen-bond acceptors (Lipinski definition) is 5. The Morgan fingerprint density at radius 2 is 2.09 bits per heavy atom.